The van der Waals surface area contributed by atoms with Crippen molar-refractivity contribution < 1.29 is 9.59 Å². The van der Waals surface area contributed by atoms with Gasteiger partial charge in [0.1, 0.15) is 11.6 Å². The molecule has 0 fully saturated rings. The summed E-state index contributed by atoms with van der Waals surface area (Å²) in [6.45, 7) is 8.87. The molecule has 0 aromatic rings. The first-order valence-electron chi connectivity index (χ1n) is 6.14. The van der Waals surface area contributed by atoms with Crippen molar-refractivity contribution in [2.75, 3.05) is 0 Å². The highest BCUT2D eigenvalue weighted by Crippen LogP contribution is 2.01. The smallest absolute Gasteiger partial charge is 0.130 e. The highest BCUT2D eigenvalue weighted by atomic mass is 16.1. The van der Waals surface area contributed by atoms with Crippen LogP contribution in [0.4, 0.5) is 0 Å². The molecule has 0 rings (SSSR count). The van der Waals surface area contributed by atoms with Crippen LogP contribution in [0, 0.1) is 0 Å². The molecule has 0 heterocycles. The van der Waals surface area contributed by atoms with Gasteiger partial charge >= 0.3 is 0 Å². The van der Waals surface area contributed by atoms with Crippen LogP contribution in [0.2, 0.25) is 0 Å². The maximum atomic E-state index is 10.2. The average Bonchev–Trinajstić information content (AvgIpc) is 2.23. The largest absolute Gasteiger partial charge is 0.300 e. The minimum atomic E-state index is 0.0835. The summed E-state index contributed by atoms with van der Waals surface area (Å²) in [7, 11) is 0. The molecule has 0 aromatic carbocycles. The monoisotopic (exact) mass is 226 g/mol. The Morgan fingerprint density at radius 3 is 1.81 bits per heavy atom. The summed E-state index contributed by atoms with van der Waals surface area (Å²) >= 11 is 0. The van der Waals surface area contributed by atoms with E-state index >= 15 is 0 Å². The minimum absolute atomic E-state index is 0.0835. The first-order chi connectivity index (χ1) is 7.54. The van der Waals surface area contributed by atoms with Crippen LogP contribution in [0.3, 0.4) is 0 Å². The molecule has 0 amide bonds. The molecule has 0 saturated carbocycles. The van der Waals surface area contributed by atoms with Gasteiger partial charge in [0.25, 0.3) is 0 Å². The molecule has 0 aliphatic carbocycles. The molecule has 16 heavy (non-hydrogen) atoms. The normalized spacial score (nSPS) is 8.94. The molecule has 0 aromatic heterocycles. The van der Waals surface area contributed by atoms with E-state index in [0.29, 0.717) is 12.8 Å². The molecule has 0 bridgehead atoms. The van der Waals surface area contributed by atoms with E-state index in [1.165, 1.54) is 46.0 Å². The number of ketones is 2. The highest BCUT2D eigenvalue weighted by molar-refractivity contribution is 5.83. The van der Waals surface area contributed by atoms with Gasteiger partial charge in [-0.15, -0.1) is 6.58 Å². The van der Waals surface area contributed by atoms with E-state index in [0.717, 1.165) is 0 Å². The van der Waals surface area contributed by atoms with Gasteiger partial charge in [0, 0.05) is 12.8 Å². The van der Waals surface area contributed by atoms with Crippen LogP contribution >= 0.6 is 0 Å². The summed E-state index contributed by atoms with van der Waals surface area (Å²) in [5.41, 5.74) is 0. The van der Waals surface area contributed by atoms with E-state index in [1.807, 2.05) is 6.08 Å². The van der Waals surface area contributed by atoms with Gasteiger partial charge in [-0.1, -0.05) is 32.3 Å². The van der Waals surface area contributed by atoms with Crippen molar-refractivity contribution in [3.05, 3.63) is 12.7 Å². The first-order valence-corrected chi connectivity index (χ1v) is 6.14. The topological polar surface area (TPSA) is 34.1 Å². The molecule has 94 valence electrons. The standard InChI is InChI=1S/C8H16.C6H10O2/c1-3-5-7-8-6-4-2;1-5(7)3-4-6(2)8/h3H,1,4-8H2,2H3;3-4H2,1-2H3. The van der Waals surface area contributed by atoms with E-state index < -0.39 is 0 Å². The van der Waals surface area contributed by atoms with Gasteiger partial charge in [-0.3, -0.25) is 0 Å². The van der Waals surface area contributed by atoms with Crippen molar-refractivity contribution in [1.82, 2.24) is 0 Å². The Morgan fingerprint density at radius 1 is 1.00 bits per heavy atom. The minimum Gasteiger partial charge on any atom is -0.300 e. The highest BCUT2D eigenvalue weighted by Gasteiger charge is 1.95. The third kappa shape index (κ3) is 23.2. The number of hydrogen-bond acceptors (Lipinski definition) is 2. The average molecular weight is 226 g/mol. The van der Waals surface area contributed by atoms with E-state index in [1.54, 1.807) is 0 Å². The Balaban J connectivity index is 0. The van der Waals surface area contributed by atoms with Crippen molar-refractivity contribution in [1.29, 1.82) is 0 Å². The molecule has 2 nitrogen and oxygen atoms in total. The van der Waals surface area contributed by atoms with Crippen molar-refractivity contribution in [3.63, 3.8) is 0 Å². The molecule has 0 radical (unpaired) electrons. The fourth-order valence-electron chi connectivity index (χ4n) is 1.07. The molecule has 0 N–H and O–H groups in total. The Bertz CT molecular complexity index is 181. The predicted molar refractivity (Wildman–Crippen MR) is 69.6 cm³/mol. The van der Waals surface area contributed by atoms with Crippen LogP contribution in [-0.2, 0) is 9.59 Å². The van der Waals surface area contributed by atoms with Crippen LogP contribution in [0.25, 0.3) is 0 Å². The summed E-state index contributed by atoms with van der Waals surface area (Å²) in [4.78, 5) is 20.4. The van der Waals surface area contributed by atoms with Gasteiger partial charge < -0.3 is 9.59 Å². The van der Waals surface area contributed by atoms with Crippen LogP contribution in [0.1, 0.15) is 65.7 Å². The summed E-state index contributed by atoms with van der Waals surface area (Å²) < 4.78 is 0. The van der Waals surface area contributed by atoms with E-state index in [2.05, 4.69) is 13.5 Å². The lowest BCUT2D eigenvalue weighted by atomic mass is 10.2. The van der Waals surface area contributed by atoms with Crippen molar-refractivity contribution in [2.45, 2.75) is 65.7 Å². The SMILES string of the molecule is C=CCCCCCC.CC(=O)CCC(C)=O. The second kappa shape index (κ2) is 14.1. The maximum Gasteiger partial charge on any atom is 0.130 e. The lowest BCUT2D eigenvalue weighted by Crippen LogP contribution is -1.95. The number of allylic oxidation sites excluding steroid dienone is 1. The number of carbonyl (C=O) groups is 2. The van der Waals surface area contributed by atoms with Gasteiger partial charge in [0.2, 0.25) is 0 Å². The van der Waals surface area contributed by atoms with Gasteiger partial charge in [-0.05, 0) is 26.7 Å². The number of Topliss-reactive ketones (excluding diaryl/α,β-unsaturated/α-hetero) is 2. The second-order valence-electron chi connectivity index (χ2n) is 4.04. The van der Waals surface area contributed by atoms with Crippen molar-refractivity contribution >= 4 is 11.6 Å². The lowest BCUT2D eigenvalue weighted by molar-refractivity contribution is -0.122. The second-order valence-corrected chi connectivity index (χ2v) is 4.04. The molecule has 2 heteroatoms. The van der Waals surface area contributed by atoms with Crippen LogP contribution in [-0.4, -0.2) is 11.6 Å². The fourth-order valence-corrected chi connectivity index (χ4v) is 1.07. The van der Waals surface area contributed by atoms with Gasteiger partial charge in [0.05, 0.1) is 0 Å². The zero-order chi connectivity index (χ0) is 12.8. The first kappa shape index (κ1) is 17.5. The third-order valence-electron chi connectivity index (χ3n) is 2.09. The molecule has 0 saturated heterocycles. The number of carbonyl (C=O) groups excluding carboxylic acids is 2. The third-order valence-corrected chi connectivity index (χ3v) is 2.09. The molecule has 0 aliphatic rings. The molecular formula is C14H26O2. The summed E-state index contributed by atoms with van der Waals surface area (Å²) in [6.07, 6.45) is 9.41. The van der Waals surface area contributed by atoms with E-state index in [-0.39, 0.29) is 11.6 Å². The number of hydrogen-bond donors (Lipinski definition) is 0. The molecule has 0 aliphatic heterocycles. The number of unbranched alkanes of at least 4 members (excludes halogenated alkanes) is 4. The Hall–Kier alpha value is -0.920. The van der Waals surface area contributed by atoms with E-state index in [9.17, 15) is 9.59 Å². The predicted octanol–water partition coefficient (Wildman–Crippen LogP) is 4.09. The van der Waals surface area contributed by atoms with Crippen LogP contribution in [0.5, 0.6) is 0 Å². The van der Waals surface area contributed by atoms with Crippen LogP contribution < -0.4 is 0 Å². The molecule has 0 atom stereocenters. The van der Waals surface area contributed by atoms with Crippen molar-refractivity contribution in [2.24, 2.45) is 0 Å². The molecule has 0 unspecified atom stereocenters. The quantitative estimate of drug-likeness (QED) is 0.461. The summed E-state index contributed by atoms with van der Waals surface area (Å²) in [5, 5.41) is 0. The number of rotatable bonds is 8. The van der Waals surface area contributed by atoms with E-state index in [4.69, 9.17) is 0 Å². The van der Waals surface area contributed by atoms with Gasteiger partial charge in [-0.25, -0.2) is 0 Å². The van der Waals surface area contributed by atoms with Gasteiger partial charge in [0.15, 0.2) is 0 Å². The zero-order valence-electron chi connectivity index (χ0n) is 11.1. The van der Waals surface area contributed by atoms with Crippen molar-refractivity contribution in [3.8, 4) is 0 Å². The lowest BCUT2D eigenvalue weighted by Gasteiger charge is -1.91. The van der Waals surface area contributed by atoms with Crippen LogP contribution in [0.15, 0.2) is 12.7 Å². The fraction of sp³-hybridized carbons (Fsp3) is 0.714. The van der Waals surface area contributed by atoms with Gasteiger partial charge in [-0.2, -0.15) is 0 Å². The summed E-state index contributed by atoms with van der Waals surface area (Å²) in [5.74, 6) is 0.167. The zero-order valence-corrected chi connectivity index (χ0v) is 11.1. The summed E-state index contributed by atoms with van der Waals surface area (Å²) in [6, 6.07) is 0. The molecule has 0 spiro atoms. The Kier molecular flexibility index (Phi) is 15.4. The Morgan fingerprint density at radius 2 is 1.50 bits per heavy atom. The molecular weight excluding hydrogens is 200 g/mol. The Labute approximate surface area is 100 Å². The maximum absolute atomic E-state index is 10.2.